The fraction of sp³-hybridized carbons (Fsp3) is 0.174. The number of fused-ring (bicyclic) bond motifs is 1. The third-order valence-electron chi connectivity index (χ3n) is 10.3. The standard InChI is InChI=1S/C18H15N3O2.C17H13N3O3.C9H11N3O.C2H3ClO/c1-11(22)12-4-2-5-13(10-12)17-20-15-7-3-6-14-16(15)21(17)9-8-19-18(14)23;21-16-12-5-2-6-13-14(12)20(8-7-18-16)15(19-13)10-3-1-4-11(9-10)17(22)23;10-7-3-1-2-6-8(7)11-4-5-12-9(6)13;3-1-2-4/h2-7,10H,8-9H2,1H3,(H,19,23);1-6,9H,7-8H2,(H,18,21)(H,22,23);1-3,11H,4-5,10H2,(H,12,13);2H,1H2. The summed E-state index contributed by atoms with van der Waals surface area (Å²) in [4.78, 5) is 77.0. The van der Waals surface area contributed by atoms with E-state index in [1.165, 1.54) is 0 Å². The number of nitrogen functional groups attached to an aromatic ring is 1. The lowest BCUT2D eigenvalue weighted by atomic mass is 10.1. The van der Waals surface area contributed by atoms with Gasteiger partial charge in [-0.3, -0.25) is 19.2 Å². The number of rotatable bonds is 5. The van der Waals surface area contributed by atoms with E-state index in [4.69, 9.17) is 27.1 Å². The molecule has 0 aliphatic carbocycles. The Labute approximate surface area is 365 Å². The largest absolute Gasteiger partial charge is 0.478 e. The molecule has 5 heterocycles. The fourth-order valence-electron chi connectivity index (χ4n) is 7.45. The molecule has 0 radical (unpaired) electrons. The van der Waals surface area contributed by atoms with E-state index in [2.05, 4.69) is 30.8 Å². The van der Waals surface area contributed by atoms with Crippen molar-refractivity contribution in [3.8, 4) is 22.8 Å². The van der Waals surface area contributed by atoms with E-state index in [0.29, 0.717) is 79.3 Å². The number of para-hydroxylation sites is 3. The topological polar surface area (TPSA) is 232 Å². The number of halogens is 1. The van der Waals surface area contributed by atoms with Crippen LogP contribution in [0.5, 0.6) is 0 Å². The van der Waals surface area contributed by atoms with Gasteiger partial charge in [0.05, 0.1) is 61.6 Å². The molecule has 0 saturated heterocycles. The Morgan fingerprint density at radius 1 is 0.667 bits per heavy atom. The molecular weight excluding hydrogens is 826 g/mol. The number of carboxylic acid groups (broad SMARTS) is 1. The molecular formula is C46H42ClN9O7. The number of anilines is 2. The van der Waals surface area contributed by atoms with Gasteiger partial charge in [-0.2, -0.15) is 0 Å². The van der Waals surface area contributed by atoms with Gasteiger partial charge in [0.15, 0.2) is 5.78 Å². The van der Waals surface area contributed by atoms with E-state index in [1.807, 2.05) is 53.1 Å². The van der Waals surface area contributed by atoms with Gasteiger partial charge in [-0.25, -0.2) is 14.8 Å². The highest BCUT2D eigenvalue weighted by atomic mass is 35.5. The monoisotopic (exact) mass is 867 g/mol. The van der Waals surface area contributed by atoms with Gasteiger partial charge in [0, 0.05) is 56.0 Å². The Morgan fingerprint density at radius 2 is 1.11 bits per heavy atom. The molecule has 3 aliphatic heterocycles. The number of carbonyl (C=O) groups is 6. The first-order chi connectivity index (χ1) is 30.5. The van der Waals surface area contributed by atoms with Crippen LogP contribution < -0.4 is 27.0 Å². The van der Waals surface area contributed by atoms with Crippen molar-refractivity contribution in [2.24, 2.45) is 0 Å². The van der Waals surface area contributed by atoms with E-state index in [9.17, 15) is 29.1 Å². The number of alkyl halides is 1. The van der Waals surface area contributed by atoms with Crippen molar-refractivity contribution in [2.45, 2.75) is 20.0 Å². The molecule has 0 unspecified atom stereocenters. The minimum absolute atomic E-state index is 0.0244. The molecule has 2 aromatic heterocycles. The van der Waals surface area contributed by atoms with E-state index < -0.39 is 5.97 Å². The summed E-state index contributed by atoms with van der Waals surface area (Å²) in [5.74, 6) is 0.373. The Morgan fingerprint density at radius 3 is 1.63 bits per heavy atom. The molecule has 0 atom stereocenters. The quantitative estimate of drug-likeness (QED) is 0.0536. The maximum atomic E-state index is 12.2. The first-order valence-electron chi connectivity index (χ1n) is 19.9. The highest BCUT2D eigenvalue weighted by Crippen LogP contribution is 2.31. The number of carboxylic acids is 1. The Balaban J connectivity index is 0.000000141. The molecule has 5 aromatic carbocycles. The number of hydrogen-bond donors (Lipinski definition) is 6. The lowest BCUT2D eigenvalue weighted by Crippen LogP contribution is -2.24. The zero-order chi connectivity index (χ0) is 44.6. The van der Waals surface area contributed by atoms with Crippen LogP contribution in [-0.4, -0.2) is 92.0 Å². The second-order valence-corrected chi connectivity index (χ2v) is 14.6. The Hall–Kier alpha value is -7.85. The number of benzene rings is 5. The van der Waals surface area contributed by atoms with Gasteiger partial charge in [-0.1, -0.05) is 48.5 Å². The normalized spacial score (nSPS) is 13.5. The second-order valence-electron chi connectivity index (χ2n) is 14.3. The number of aldehydes is 1. The molecule has 10 rings (SSSR count). The van der Waals surface area contributed by atoms with Gasteiger partial charge in [-0.15, -0.1) is 11.6 Å². The first kappa shape index (κ1) is 43.2. The number of Topliss-reactive ketones (excluding diaryl/α,β-unsaturated/α-hetero) is 1. The third-order valence-corrected chi connectivity index (χ3v) is 10.4. The molecule has 3 aliphatic rings. The van der Waals surface area contributed by atoms with Gasteiger partial charge >= 0.3 is 5.97 Å². The average Bonchev–Trinajstić information content (AvgIpc) is 3.65. The van der Waals surface area contributed by atoms with Crippen LogP contribution in [0.3, 0.4) is 0 Å². The molecule has 320 valence electrons. The number of imidazole rings is 2. The van der Waals surface area contributed by atoms with Crippen molar-refractivity contribution < 1.29 is 33.9 Å². The predicted octanol–water partition coefficient (Wildman–Crippen LogP) is 5.64. The summed E-state index contributed by atoms with van der Waals surface area (Å²) in [6.45, 7) is 5.20. The summed E-state index contributed by atoms with van der Waals surface area (Å²) in [5, 5.41) is 20.8. The van der Waals surface area contributed by atoms with Crippen molar-refractivity contribution >= 4 is 80.8 Å². The molecule has 0 saturated carbocycles. The number of nitrogens with zero attached hydrogens (tertiary/aromatic N) is 4. The summed E-state index contributed by atoms with van der Waals surface area (Å²) >= 11 is 4.82. The Bertz CT molecular complexity index is 2770. The summed E-state index contributed by atoms with van der Waals surface area (Å²) in [5.41, 5.74) is 14.6. The molecule has 16 nitrogen and oxygen atoms in total. The average molecular weight is 868 g/mol. The summed E-state index contributed by atoms with van der Waals surface area (Å²) in [6.07, 6.45) is 0.640. The number of hydrogen-bond acceptors (Lipinski definition) is 10. The zero-order valence-electron chi connectivity index (χ0n) is 34.0. The van der Waals surface area contributed by atoms with Gasteiger partial charge < -0.3 is 46.0 Å². The number of nitrogens with one attached hydrogen (secondary N) is 4. The highest BCUT2D eigenvalue weighted by molar-refractivity contribution is 6.24. The molecule has 0 fully saturated rings. The van der Waals surface area contributed by atoms with Crippen LogP contribution in [0.4, 0.5) is 11.4 Å². The minimum Gasteiger partial charge on any atom is -0.478 e. The van der Waals surface area contributed by atoms with Crippen LogP contribution in [0.2, 0.25) is 0 Å². The van der Waals surface area contributed by atoms with Crippen LogP contribution in [0.15, 0.2) is 103 Å². The SMILES string of the molecule is CC(=O)c1cccc(-c2nc3cccc4c3n2CCNC4=O)c1.Nc1cccc2c1NCCNC2=O.O=C(O)c1cccc(-c2nc3cccc4c3n2CCNC4=O)c1.O=CCCl. The molecule has 7 N–H and O–H groups in total. The van der Waals surface area contributed by atoms with Crippen molar-refractivity contribution in [3.05, 3.63) is 131 Å². The van der Waals surface area contributed by atoms with Crippen molar-refractivity contribution in [2.75, 3.05) is 43.1 Å². The smallest absolute Gasteiger partial charge is 0.335 e. The number of aromatic carboxylic acids is 1. The molecule has 63 heavy (non-hydrogen) atoms. The zero-order valence-corrected chi connectivity index (χ0v) is 34.7. The molecule has 7 aromatic rings. The number of amides is 3. The molecule has 3 amide bonds. The summed E-state index contributed by atoms with van der Waals surface area (Å²) < 4.78 is 4.03. The third kappa shape index (κ3) is 9.25. The number of aromatic nitrogens is 4. The maximum Gasteiger partial charge on any atom is 0.335 e. The number of ketones is 1. The van der Waals surface area contributed by atoms with Gasteiger partial charge in [0.25, 0.3) is 17.7 Å². The first-order valence-corrected chi connectivity index (χ1v) is 20.4. The summed E-state index contributed by atoms with van der Waals surface area (Å²) in [7, 11) is 0. The number of carbonyl (C=O) groups excluding carboxylic acids is 5. The van der Waals surface area contributed by atoms with Gasteiger partial charge in [0.2, 0.25) is 0 Å². The minimum atomic E-state index is -0.976. The second kappa shape index (κ2) is 19.2. The van der Waals surface area contributed by atoms with E-state index >= 15 is 0 Å². The molecule has 0 bridgehead atoms. The lowest BCUT2D eigenvalue weighted by Gasteiger charge is -2.08. The van der Waals surface area contributed by atoms with E-state index in [-0.39, 0.29) is 34.9 Å². The molecule has 0 spiro atoms. The number of nitrogens with two attached hydrogens (primary N) is 1. The van der Waals surface area contributed by atoms with Crippen molar-refractivity contribution in [1.82, 2.24) is 35.1 Å². The van der Waals surface area contributed by atoms with Crippen LogP contribution in [-0.2, 0) is 17.9 Å². The lowest BCUT2D eigenvalue weighted by molar-refractivity contribution is -0.105. The van der Waals surface area contributed by atoms with Crippen LogP contribution in [0, 0.1) is 0 Å². The predicted molar refractivity (Wildman–Crippen MR) is 240 cm³/mol. The van der Waals surface area contributed by atoms with Crippen LogP contribution in [0.25, 0.3) is 44.8 Å². The summed E-state index contributed by atoms with van der Waals surface area (Å²) in [6, 6.07) is 30.5. The maximum absolute atomic E-state index is 12.2. The highest BCUT2D eigenvalue weighted by Gasteiger charge is 2.24. The Kier molecular flexibility index (Phi) is 13.2. The van der Waals surface area contributed by atoms with E-state index in [0.717, 1.165) is 44.7 Å². The molecule has 17 heteroatoms. The fourth-order valence-corrected chi connectivity index (χ4v) is 7.45. The van der Waals surface area contributed by atoms with Crippen molar-refractivity contribution in [1.29, 1.82) is 0 Å². The van der Waals surface area contributed by atoms with Gasteiger partial charge in [0.1, 0.15) is 17.9 Å². The van der Waals surface area contributed by atoms with E-state index in [1.54, 1.807) is 61.5 Å². The van der Waals surface area contributed by atoms with Gasteiger partial charge in [-0.05, 0) is 61.5 Å². The van der Waals surface area contributed by atoms with Crippen LogP contribution >= 0.6 is 11.6 Å². The van der Waals surface area contributed by atoms with Crippen molar-refractivity contribution in [3.63, 3.8) is 0 Å². The van der Waals surface area contributed by atoms with Crippen LogP contribution in [0.1, 0.15) is 58.7 Å².